The van der Waals surface area contributed by atoms with Gasteiger partial charge in [0.1, 0.15) is 0 Å². The first-order valence-corrected chi connectivity index (χ1v) is 8.57. The topological polar surface area (TPSA) is 27.6 Å². The maximum Gasteiger partial charge on any atom is 0.156 e. The Morgan fingerprint density at radius 3 is 2.58 bits per heavy atom. The molecule has 19 heavy (non-hydrogen) atoms. The Hall–Kier alpha value is -0.220. The third-order valence-corrected chi connectivity index (χ3v) is 5.79. The first-order chi connectivity index (χ1) is 8.95. The van der Waals surface area contributed by atoms with Gasteiger partial charge in [-0.2, -0.15) is 0 Å². The van der Waals surface area contributed by atoms with Crippen molar-refractivity contribution in [2.45, 2.75) is 52.0 Å². The summed E-state index contributed by atoms with van der Waals surface area (Å²) in [7, 11) is 2.22. The summed E-state index contributed by atoms with van der Waals surface area (Å²) in [5.41, 5.74) is 0.666. The number of amidine groups is 1. The molecule has 0 radical (unpaired) electrons. The summed E-state index contributed by atoms with van der Waals surface area (Å²) in [6, 6.07) is 0. The molecule has 4 heteroatoms. The van der Waals surface area contributed by atoms with Crippen LogP contribution in [-0.2, 0) is 0 Å². The van der Waals surface area contributed by atoms with Crippen LogP contribution in [-0.4, -0.2) is 48.0 Å². The standard InChI is InChI=1S/C15H29N3S/c1-5-15(3)8-11-19-13(17-15)16-12-14(2)6-9-18(4)10-7-14/h5-12H2,1-4H3,(H,16,17). The number of aliphatic imine (C=N–C) groups is 1. The molecule has 110 valence electrons. The number of likely N-dealkylation sites (tertiary alicyclic amines) is 1. The van der Waals surface area contributed by atoms with Crippen LogP contribution in [0.3, 0.4) is 0 Å². The molecule has 2 aliphatic heterocycles. The quantitative estimate of drug-likeness (QED) is 0.863. The van der Waals surface area contributed by atoms with Crippen LogP contribution in [0.4, 0.5) is 0 Å². The average Bonchev–Trinajstić information content (AvgIpc) is 2.41. The highest BCUT2D eigenvalue weighted by Crippen LogP contribution is 2.31. The zero-order valence-corrected chi connectivity index (χ0v) is 13.8. The van der Waals surface area contributed by atoms with Gasteiger partial charge in [-0.05, 0) is 58.2 Å². The fourth-order valence-corrected chi connectivity index (χ4v) is 3.88. The molecular formula is C15H29N3S. The second-order valence-electron chi connectivity index (χ2n) is 6.87. The molecule has 2 fully saturated rings. The zero-order valence-electron chi connectivity index (χ0n) is 13.0. The SMILES string of the molecule is CCC1(C)CCSC(=NCC2(C)CCN(C)CC2)N1. The number of nitrogens with one attached hydrogen (secondary N) is 1. The van der Waals surface area contributed by atoms with Crippen LogP contribution in [0.2, 0.25) is 0 Å². The van der Waals surface area contributed by atoms with Crippen molar-refractivity contribution in [2.75, 3.05) is 32.4 Å². The lowest BCUT2D eigenvalue weighted by Gasteiger charge is -2.38. The van der Waals surface area contributed by atoms with Crippen LogP contribution in [0.25, 0.3) is 0 Å². The monoisotopic (exact) mass is 283 g/mol. The molecule has 3 nitrogen and oxygen atoms in total. The van der Waals surface area contributed by atoms with Crippen molar-refractivity contribution < 1.29 is 0 Å². The van der Waals surface area contributed by atoms with Crippen LogP contribution in [0.1, 0.15) is 46.5 Å². The fourth-order valence-electron chi connectivity index (χ4n) is 2.66. The Bertz CT molecular complexity index is 334. The highest BCUT2D eigenvalue weighted by atomic mass is 32.2. The predicted octanol–water partition coefficient (Wildman–Crippen LogP) is 2.97. The van der Waals surface area contributed by atoms with E-state index in [-0.39, 0.29) is 5.54 Å². The van der Waals surface area contributed by atoms with E-state index in [9.17, 15) is 0 Å². The Morgan fingerprint density at radius 2 is 1.95 bits per heavy atom. The lowest BCUT2D eigenvalue weighted by atomic mass is 9.80. The normalized spacial score (nSPS) is 34.2. The van der Waals surface area contributed by atoms with E-state index in [0.717, 1.165) is 6.54 Å². The average molecular weight is 283 g/mol. The van der Waals surface area contributed by atoms with Crippen molar-refractivity contribution >= 4 is 16.9 Å². The molecule has 0 bridgehead atoms. The number of thioether (sulfide) groups is 1. The first-order valence-electron chi connectivity index (χ1n) is 7.59. The van der Waals surface area contributed by atoms with E-state index in [0.29, 0.717) is 5.41 Å². The van der Waals surface area contributed by atoms with Crippen LogP contribution >= 0.6 is 11.8 Å². The smallest absolute Gasteiger partial charge is 0.156 e. The van der Waals surface area contributed by atoms with Crippen molar-refractivity contribution in [2.24, 2.45) is 10.4 Å². The maximum absolute atomic E-state index is 4.90. The summed E-state index contributed by atoms with van der Waals surface area (Å²) in [4.78, 5) is 7.32. The van der Waals surface area contributed by atoms with Crippen LogP contribution in [0.5, 0.6) is 0 Å². The highest BCUT2D eigenvalue weighted by Gasteiger charge is 2.30. The number of nitrogens with zero attached hydrogens (tertiary/aromatic N) is 2. The fraction of sp³-hybridized carbons (Fsp3) is 0.933. The van der Waals surface area contributed by atoms with E-state index in [1.54, 1.807) is 0 Å². The van der Waals surface area contributed by atoms with Gasteiger partial charge < -0.3 is 10.2 Å². The van der Waals surface area contributed by atoms with E-state index in [1.807, 2.05) is 11.8 Å². The van der Waals surface area contributed by atoms with Gasteiger partial charge in [-0.1, -0.05) is 25.6 Å². The van der Waals surface area contributed by atoms with Gasteiger partial charge >= 0.3 is 0 Å². The van der Waals surface area contributed by atoms with Crippen LogP contribution in [0.15, 0.2) is 4.99 Å². The summed E-state index contributed by atoms with van der Waals surface area (Å²) in [5, 5.41) is 4.82. The van der Waals surface area contributed by atoms with Crippen molar-refractivity contribution in [3.63, 3.8) is 0 Å². The van der Waals surface area contributed by atoms with Gasteiger partial charge in [0.15, 0.2) is 5.17 Å². The molecule has 0 aromatic rings. The lowest BCUT2D eigenvalue weighted by molar-refractivity contribution is 0.147. The largest absolute Gasteiger partial charge is 0.360 e. The van der Waals surface area contributed by atoms with Gasteiger partial charge in [-0.25, -0.2) is 0 Å². The Kier molecular flexibility index (Phi) is 4.83. The molecule has 1 unspecified atom stereocenters. The van der Waals surface area contributed by atoms with Gasteiger partial charge in [0.05, 0.1) is 0 Å². The van der Waals surface area contributed by atoms with E-state index in [2.05, 4.69) is 38.0 Å². The number of piperidine rings is 1. The predicted molar refractivity (Wildman–Crippen MR) is 86.0 cm³/mol. The molecule has 1 atom stereocenters. The molecule has 2 heterocycles. The lowest BCUT2D eigenvalue weighted by Crippen LogP contribution is -2.48. The molecule has 0 amide bonds. The summed E-state index contributed by atoms with van der Waals surface area (Å²) >= 11 is 1.90. The van der Waals surface area contributed by atoms with E-state index in [1.165, 1.54) is 49.7 Å². The molecule has 2 aliphatic rings. The zero-order chi connectivity index (χ0) is 13.9. The summed E-state index contributed by atoms with van der Waals surface area (Å²) < 4.78 is 0. The van der Waals surface area contributed by atoms with Gasteiger partial charge in [-0.15, -0.1) is 0 Å². The van der Waals surface area contributed by atoms with Crippen molar-refractivity contribution in [1.29, 1.82) is 0 Å². The Labute approximate surface area is 122 Å². The number of hydrogen-bond donors (Lipinski definition) is 1. The molecule has 0 spiro atoms. The minimum Gasteiger partial charge on any atom is -0.360 e. The molecule has 2 saturated heterocycles. The van der Waals surface area contributed by atoms with Crippen molar-refractivity contribution in [3.05, 3.63) is 0 Å². The Morgan fingerprint density at radius 1 is 1.26 bits per heavy atom. The molecular weight excluding hydrogens is 254 g/mol. The second kappa shape index (κ2) is 6.04. The maximum atomic E-state index is 4.90. The van der Waals surface area contributed by atoms with Crippen LogP contribution < -0.4 is 5.32 Å². The second-order valence-corrected chi connectivity index (χ2v) is 7.96. The molecule has 2 rings (SSSR count). The van der Waals surface area contributed by atoms with Gasteiger partial charge in [0.25, 0.3) is 0 Å². The van der Waals surface area contributed by atoms with E-state index in [4.69, 9.17) is 4.99 Å². The van der Waals surface area contributed by atoms with Gasteiger partial charge in [0, 0.05) is 17.8 Å². The minimum atomic E-state index is 0.262. The molecule has 0 aromatic heterocycles. The molecule has 1 N–H and O–H groups in total. The molecule has 0 aromatic carbocycles. The van der Waals surface area contributed by atoms with Gasteiger partial charge in [0.2, 0.25) is 0 Å². The van der Waals surface area contributed by atoms with Crippen molar-refractivity contribution in [1.82, 2.24) is 10.2 Å². The van der Waals surface area contributed by atoms with Crippen LogP contribution in [0, 0.1) is 5.41 Å². The molecule has 0 saturated carbocycles. The minimum absolute atomic E-state index is 0.262. The first kappa shape index (κ1) is 15.2. The summed E-state index contributed by atoms with van der Waals surface area (Å²) in [6.07, 6.45) is 4.97. The van der Waals surface area contributed by atoms with Gasteiger partial charge in [-0.3, -0.25) is 4.99 Å². The third kappa shape index (κ3) is 4.12. The van der Waals surface area contributed by atoms with E-state index < -0.39 is 0 Å². The summed E-state index contributed by atoms with van der Waals surface area (Å²) in [6.45, 7) is 10.4. The highest BCUT2D eigenvalue weighted by molar-refractivity contribution is 8.13. The molecule has 0 aliphatic carbocycles. The number of hydrogen-bond acceptors (Lipinski definition) is 3. The van der Waals surface area contributed by atoms with Crippen molar-refractivity contribution in [3.8, 4) is 0 Å². The Balaban J connectivity index is 1.91. The van der Waals surface area contributed by atoms with E-state index >= 15 is 0 Å². The third-order valence-electron chi connectivity index (χ3n) is 4.88. The number of rotatable bonds is 3. The summed E-state index contributed by atoms with van der Waals surface area (Å²) in [5.74, 6) is 1.20.